The number of halogens is 1. The van der Waals surface area contributed by atoms with Gasteiger partial charge >= 0.3 is 0 Å². The van der Waals surface area contributed by atoms with Crippen LogP contribution < -0.4 is 19.5 Å². The van der Waals surface area contributed by atoms with Gasteiger partial charge in [0.2, 0.25) is 0 Å². The van der Waals surface area contributed by atoms with Gasteiger partial charge < -0.3 is 14.8 Å². The lowest BCUT2D eigenvalue weighted by atomic mass is 10.2. The number of carbonyl (C=O) groups is 1. The smallest absolute Gasteiger partial charge is 0.262 e. The summed E-state index contributed by atoms with van der Waals surface area (Å²) in [6, 6.07) is 16.6. The molecule has 1 amide bonds. The van der Waals surface area contributed by atoms with Gasteiger partial charge in [0.1, 0.15) is 17.3 Å². The van der Waals surface area contributed by atoms with Crippen molar-refractivity contribution in [3.05, 3.63) is 78.1 Å². The molecule has 7 nitrogen and oxygen atoms in total. The third kappa shape index (κ3) is 5.73. The van der Waals surface area contributed by atoms with E-state index in [1.54, 1.807) is 50.4 Å². The van der Waals surface area contributed by atoms with Crippen LogP contribution in [0.4, 0.5) is 15.8 Å². The Balaban J connectivity index is 1.69. The van der Waals surface area contributed by atoms with E-state index in [0.29, 0.717) is 17.1 Å². The topological polar surface area (TPSA) is 93.7 Å². The molecule has 0 aliphatic rings. The zero-order valence-corrected chi connectivity index (χ0v) is 17.7. The summed E-state index contributed by atoms with van der Waals surface area (Å²) < 4.78 is 52.0. The zero-order valence-electron chi connectivity index (χ0n) is 16.9. The molecule has 3 aromatic carbocycles. The van der Waals surface area contributed by atoms with Crippen LogP contribution in [0.1, 0.15) is 5.56 Å². The maximum Gasteiger partial charge on any atom is 0.262 e. The molecule has 0 atom stereocenters. The number of rotatable bonds is 8. The van der Waals surface area contributed by atoms with Crippen LogP contribution in [0.25, 0.3) is 0 Å². The fourth-order valence-electron chi connectivity index (χ4n) is 2.73. The van der Waals surface area contributed by atoms with Crippen LogP contribution in [0.3, 0.4) is 0 Å². The van der Waals surface area contributed by atoms with Crippen molar-refractivity contribution in [2.24, 2.45) is 0 Å². The van der Waals surface area contributed by atoms with Crippen LogP contribution in [0, 0.1) is 12.7 Å². The van der Waals surface area contributed by atoms with Crippen molar-refractivity contribution in [3.63, 3.8) is 0 Å². The highest BCUT2D eigenvalue weighted by Crippen LogP contribution is 2.24. The van der Waals surface area contributed by atoms with E-state index in [1.165, 1.54) is 24.3 Å². The maximum atomic E-state index is 13.8. The monoisotopic (exact) mass is 444 g/mol. The van der Waals surface area contributed by atoms with Crippen molar-refractivity contribution >= 4 is 27.3 Å². The number of aryl methyl sites for hydroxylation is 1. The van der Waals surface area contributed by atoms with Crippen LogP contribution >= 0.6 is 0 Å². The largest absolute Gasteiger partial charge is 0.497 e. The number of benzene rings is 3. The second-order valence-electron chi connectivity index (χ2n) is 6.58. The molecule has 0 heterocycles. The van der Waals surface area contributed by atoms with Gasteiger partial charge in [-0.3, -0.25) is 9.52 Å². The Kier molecular flexibility index (Phi) is 6.76. The molecule has 2 N–H and O–H groups in total. The Labute approximate surface area is 179 Å². The standard InChI is InChI=1S/C22H21FN2O5S/c1-15-7-8-16(24-22(26)14-30-18-11-9-17(29-2)10-12-18)13-21(15)31(27,28)25-20-6-4-3-5-19(20)23/h3-13,25H,14H2,1-2H3,(H,24,26). The summed E-state index contributed by atoms with van der Waals surface area (Å²) in [5.74, 6) is -0.0136. The number of amides is 1. The SMILES string of the molecule is COc1ccc(OCC(=O)Nc2ccc(C)c(S(=O)(=O)Nc3ccccc3F)c2)cc1. The Morgan fingerprint density at radius 2 is 1.68 bits per heavy atom. The zero-order chi connectivity index (χ0) is 22.4. The van der Waals surface area contributed by atoms with Crippen LogP contribution in [0.15, 0.2) is 71.6 Å². The first-order valence-corrected chi connectivity index (χ1v) is 10.7. The molecule has 0 radical (unpaired) electrons. The predicted molar refractivity (Wildman–Crippen MR) is 116 cm³/mol. The van der Waals surface area contributed by atoms with Crippen molar-refractivity contribution in [2.45, 2.75) is 11.8 Å². The van der Waals surface area contributed by atoms with Crippen LogP contribution in [0.5, 0.6) is 11.5 Å². The van der Waals surface area contributed by atoms with Gasteiger partial charge in [-0.1, -0.05) is 18.2 Å². The summed E-state index contributed by atoms with van der Waals surface area (Å²) >= 11 is 0. The second-order valence-corrected chi connectivity index (χ2v) is 8.23. The van der Waals surface area contributed by atoms with Crippen molar-refractivity contribution in [1.82, 2.24) is 0 Å². The van der Waals surface area contributed by atoms with Crippen molar-refractivity contribution < 1.29 is 27.1 Å². The van der Waals surface area contributed by atoms with Gasteiger partial charge in [0, 0.05) is 5.69 Å². The van der Waals surface area contributed by atoms with Gasteiger partial charge in [-0.25, -0.2) is 12.8 Å². The fourth-order valence-corrected chi connectivity index (χ4v) is 4.07. The highest BCUT2D eigenvalue weighted by molar-refractivity contribution is 7.92. The van der Waals surface area contributed by atoms with Gasteiger partial charge in [-0.15, -0.1) is 0 Å². The molecule has 31 heavy (non-hydrogen) atoms. The van der Waals surface area contributed by atoms with Crippen LogP contribution in [-0.2, 0) is 14.8 Å². The average molecular weight is 444 g/mol. The van der Waals surface area contributed by atoms with E-state index in [0.717, 1.165) is 6.07 Å². The molecule has 0 saturated carbocycles. The van der Waals surface area contributed by atoms with Gasteiger partial charge in [0.05, 0.1) is 17.7 Å². The minimum Gasteiger partial charge on any atom is -0.497 e. The normalized spacial score (nSPS) is 10.9. The summed E-state index contributed by atoms with van der Waals surface area (Å²) in [6.07, 6.45) is 0. The molecule has 3 rings (SSSR count). The average Bonchev–Trinajstić information content (AvgIpc) is 2.75. The van der Waals surface area contributed by atoms with Gasteiger partial charge in [0.15, 0.2) is 6.61 Å². The minimum atomic E-state index is -4.07. The molecular weight excluding hydrogens is 423 g/mol. The highest BCUT2D eigenvalue weighted by Gasteiger charge is 2.19. The van der Waals surface area contributed by atoms with Crippen molar-refractivity contribution in [1.29, 1.82) is 0 Å². The van der Waals surface area contributed by atoms with Crippen molar-refractivity contribution in [2.75, 3.05) is 23.8 Å². The summed E-state index contributed by atoms with van der Waals surface area (Å²) in [5, 5.41) is 2.59. The molecule has 3 aromatic rings. The molecule has 0 fully saturated rings. The molecule has 0 aromatic heterocycles. The number of hydrogen-bond acceptors (Lipinski definition) is 5. The minimum absolute atomic E-state index is 0.0791. The van der Waals surface area contributed by atoms with E-state index in [1.807, 2.05) is 0 Å². The number of nitrogens with one attached hydrogen (secondary N) is 2. The van der Waals surface area contributed by atoms with E-state index in [9.17, 15) is 17.6 Å². The van der Waals surface area contributed by atoms with Gasteiger partial charge in [-0.2, -0.15) is 0 Å². The Hall–Kier alpha value is -3.59. The summed E-state index contributed by atoms with van der Waals surface area (Å²) in [5.41, 5.74) is 0.545. The molecule has 0 saturated heterocycles. The number of ether oxygens (including phenoxy) is 2. The maximum absolute atomic E-state index is 13.8. The van der Waals surface area contributed by atoms with Crippen molar-refractivity contribution in [3.8, 4) is 11.5 Å². The molecular formula is C22H21FN2O5S. The lowest BCUT2D eigenvalue weighted by Gasteiger charge is -2.13. The van der Waals surface area contributed by atoms with Crippen LogP contribution in [0.2, 0.25) is 0 Å². The first-order chi connectivity index (χ1) is 14.8. The van der Waals surface area contributed by atoms with E-state index in [-0.39, 0.29) is 22.9 Å². The molecule has 162 valence electrons. The number of carbonyl (C=O) groups excluding carboxylic acids is 1. The summed E-state index contributed by atoms with van der Waals surface area (Å²) in [7, 11) is -2.52. The molecule has 0 spiro atoms. The fraction of sp³-hybridized carbons (Fsp3) is 0.136. The Bertz CT molecular complexity index is 1180. The first kappa shape index (κ1) is 22.1. The summed E-state index contributed by atoms with van der Waals surface area (Å²) in [4.78, 5) is 12.1. The number of sulfonamides is 1. The van der Waals surface area contributed by atoms with E-state index in [4.69, 9.17) is 9.47 Å². The highest BCUT2D eigenvalue weighted by atomic mass is 32.2. The molecule has 0 unspecified atom stereocenters. The quantitative estimate of drug-likeness (QED) is 0.549. The second kappa shape index (κ2) is 9.48. The lowest BCUT2D eigenvalue weighted by molar-refractivity contribution is -0.118. The van der Waals surface area contributed by atoms with E-state index in [2.05, 4.69) is 10.0 Å². The van der Waals surface area contributed by atoms with E-state index < -0.39 is 21.7 Å². The van der Waals surface area contributed by atoms with Crippen LogP contribution in [-0.4, -0.2) is 28.0 Å². The number of hydrogen-bond donors (Lipinski definition) is 2. The van der Waals surface area contributed by atoms with Gasteiger partial charge in [0.25, 0.3) is 15.9 Å². The van der Waals surface area contributed by atoms with E-state index >= 15 is 0 Å². The molecule has 0 aliphatic carbocycles. The predicted octanol–water partition coefficient (Wildman–Crippen LogP) is 3.96. The number of methoxy groups -OCH3 is 1. The first-order valence-electron chi connectivity index (χ1n) is 9.23. The Morgan fingerprint density at radius 1 is 1.00 bits per heavy atom. The third-order valence-electron chi connectivity index (χ3n) is 4.31. The third-order valence-corrected chi connectivity index (χ3v) is 5.82. The number of para-hydroxylation sites is 1. The lowest BCUT2D eigenvalue weighted by Crippen LogP contribution is -2.21. The summed E-state index contributed by atoms with van der Waals surface area (Å²) in [6.45, 7) is 1.34. The van der Waals surface area contributed by atoms with Gasteiger partial charge in [-0.05, 0) is 61.0 Å². The molecule has 0 aliphatic heterocycles. The molecule has 9 heteroatoms. The molecule has 0 bridgehead atoms. The number of anilines is 2. The Morgan fingerprint density at radius 3 is 2.35 bits per heavy atom.